The number of rotatable bonds is 2. The van der Waals surface area contributed by atoms with Gasteiger partial charge in [-0.3, -0.25) is 0 Å². The molecule has 4 aromatic carbocycles. The van der Waals surface area contributed by atoms with Crippen LogP contribution in [0.15, 0.2) is 66.7 Å². The second-order valence-electron chi connectivity index (χ2n) is 7.59. The molecule has 0 saturated carbocycles. The summed E-state index contributed by atoms with van der Waals surface area (Å²) in [6.45, 7) is 1.93. The van der Waals surface area contributed by atoms with E-state index in [0.717, 1.165) is 17.2 Å². The standard InChI is InChI=1S/C29H18F4/c1-2-3-21-16-28(32)26(29(33)17-21)13-7-20-5-9-22(27(31)15-20)8-4-19-6-10-24-18-25(30)12-11-23(24)14-19/h5-6,9-12,14-18H,2-3H2,1H3. The average Bonchev–Trinajstić information content (AvgIpc) is 2.78. The zero-order valence-corrected chi connectivity index (χ0v) is 17.8. The molecular formula is C29H18F4. The Bertz CT molecular complexity index is 1450. The number of aryl methyl sites for hydroxylation is 1. The van der Waals surface area contributed by atoms with Crippen molar-refractivity contribution >= 4 is 10.8 Å². The van der Waals surface area contributed by atoms with Gasteiger partial charge in [-0.15, -0.1) is 0 Å². The van der Waals surface area contributed by atoms with Gasteiger partial charge in [-0.25, -0.2) is 17.6 Å². The first-order chi connectivity index (χ1) is 15.9. The zero-order chi connectivity index (χ0) is 23.4. The molecule has 0 amide bonds. The van der Waals surface area contributed by atoms with E-state index in [1.54, 1.807) is 30.3 Å². The molecule has 0 nitrogen and oxygen atoms in total. The van der Waals surface area contributed by atoms with E-state index in [2.05, 4.69) is 23.7 Å². The molecule has 33 heavy (non-hydrogen) atoms. The number of hydrogen-bond donors (Lipinski definition) is 0. The van der Waals surface area contributed by atoms with Gasteiger partial charge in [-0.1, -0.05) is 49.2 Å². The van der Waals surface area contributed by atoms with Crippen molar-refractivity contribution in [2.75, 3.05) is 0 Å². The van der Waals surface area contributed by atoms with E-state index < -0.39 is 17.5 Å². The largest absolute Gasteiger partial charge is 0.207 e. The highest BCUT2D eigenvalue weighted by Gasteiger charge is 2.09. The highest BCUT2D eigenvalue weighted by atomic mass is 19.1. The molecule has 162 valence electrons. The second kappa shape index (κ2) is 9.63. The van der Waals surface area contributed by atoms with Gasteiger partial charge in [0.1, 0.15) is 23.3 Å². The summed E-state index contributed by atoms with van der Waals surface area (Å²) in [5.74, 6) is 8.39. The summed E-state index contributed by atoms with van der Waals surface area (Å²) in [6, 6.07) is 16.5. The Morgan fingerprint density at radius 1 is 0.606 bits per heavy atom. The quantitative estimate of drug-likeness (QED) is 0.228. The van der Waals surface area contributed by atoms with E-state index in [1.807, 2.05) is 6.92 Å². The Morgan fingerprint density at radius 3 is 1.97 bits per heavy atom. The van der Waals surface area contributed by atoms with Crippen LogP contribution in [0.5, 0.6) is 0 Å². The van der Waals surface area contributed by atoms with Crippen molar-refractivity contribution in [1.29, 1.82) is 0 Å². The summed E-state index contributed by atoms with van der Waals surface area (Å²) in [7, 11) is 0. The number of halogens is 4. The van der Waals surface area contributed by atoms with Crippen molar-refractivity contribution < 1.29 is 17.6 Å². The van der Waals surface area contributed by atoms with Gasteiger partial charge in [0.2, 0.25) is 0 Å². The summed E-state index contributed by atoms with van der Waals surface area (Å²) in [5.41, 5.74) is 1.35. The van der Waals surface area contributed by atoms with Crippen LogP contribution in [-0.2, 0) is 6.42 Å². The first-order valence-corrected chi connectivity index (χ1v) is 10.4. The molecule has 0 spiro atoms. The molecule has 0 radical (unpaired) electrons. The Labute approximate surface area is 189 Å². The van der Waals surface area contributed by atoms with Gasteiger partial charge < -0.3 is 0 Å². The van der Waals surface area contributed by atoms with Crippen LogP contribution in [0.25, 0.3) is 10.8 Å². The molecule has 0 atom stereocenters. The highest BCUT2D eigenvalue weighted by molar-refractivity contribution is 5.84. The van der Waals surface area contributed by atoms with Crippen molar-refractivity contribution in [2.45, 2.75) is 19.8 Å². The van der Waals surface area contributed by atoms with Gasteiger partial charge in [-0.05, 0) is 77.4 Å². The monoisotopic (exact) mass is 442 g/mol. The maximum atomic E-state index is 14.5. The van der Waals surface area contributed by atoms with Crippen molar-refractivity contribution in [3.05, 3.63) is 118 Å². The lowest BCUT2D eigenvalue weighted by atomic mass is 10.1. The Hall–Kier alpha value is -4.02. The number of fused-ring (bicyclic) bond motifs is 1. The maximum Gasteiger partial charge on any atom is 0.142 e. The van der Waals surface area contributed by atoms with Gasteiger partial charge in [0.05, 0.1) is 11.1 Å². The minimum atomic E-state index is -0.730. The fourth-order valence-electron chi connectivity index (χ4n) is 3.44. The fourth-order valence-corrected chi connectivity index (χ4v) is 3.44. The molecule has 0 aromatic heterocycles. The van der Waals surface area contributed by atoms with Gasteiger partial charge in [0.15, 0.2) is 0 Å². The Morgan fingerprint density at radius 2 is 1.24 bits per heavy atom. The molecule has 0 aliphatic heterocycles. The van der Waals surface area contributed by atoms with E-state index >= 15 is 0 Å². The van der Waals surface area contributed by atoms with Gasteiger partial charge >= 0.3 is 0 Å². The molecule has 0 saturated heterocycles. The lowest BCUT2D eigenvalue weighted by molar-refractivity contribution is 0.573. The van der Waals surface area contributed by atoms with Crippen LogP contribution in [0, 0.1) is 47.0 Å². The van der Waals surface area contributed by atoms with Gasteiger partial charge in [0.25, 0.3) is 0 Å². The summed E-state index contributed by atoms with van der Waals surface area (Å²) < 4.78 is 56.2. The molecule has 0 heterocycles. The minimum absolute atomic E-state index is 0.168. The lowest BCUT2D eigenvalue weighted by Gasteiger charge is -2.02. The van der Waals surface area contributed by atoms with Crippen LogP contribution in [-0.4, -0.2) is 0 Å². The third-order valence-corrected chi connectivity index (χ3v) is 5.09. The molecule has 0 aliphatic rings. The summed E-state index contributed by atoms with van der Waals surface area (Å²) in [6.07, 6.45) is 1.35. The predicted molar refractivity (Wildman–Crippen MR) is 123 cm³/mol. The molecule has 4 aromatic rings. The van der Waals surface area contributed by atoms with Crippen LogP contribution in [0.1, 0.15) is 41.2 Å². The topological polar surface area (TPSA) is 0 Å². The molecule has 0 unspecified atom stereocenters. The van der Waals surface area contributed by atoms with Crippen LogP contribution in [0.4, 0.5) is 17.6 Å². The highest BCUT2D eigenvalue weighted by Crippen LogP contribution is 2.18. The SMILES string of the molecule is CCCc1cc(F)c(C#Cc2ccc(C#Cc3ccc4cc(F)ccc4c3)c(F)c2)c(F)c1. The molecular weight excluding hydrogens is 424 g/mol. The Kier molecular flexibility index (Phi) is 6.48. The lowest BCUT2D eigenvalue weighted by Crippen LogP contribution is -1.95. The van der Waals surface area contributed by atoms with E-state index in [9.17, 15) is 17.6 Å². The second-order valence-corrected chi connectivity index (χ2v) is 7.59. The smallest absolute Gasteiger partial charge is 0.142 e. The van der Waals surface area contributed by atoms with Gasteiger partial charge in [-0.2, -0.15) is 0 Å². The summed E-state index contributed by atoms with van der Waals surface area (Å²) >= 11 is 0. The van der Waals surface area contributed by atoms with Crippen molar-refractivity contribution in [1.82, 2.24) is 0 Å². The predicted octanol–water partition coefficient (Wildman–Crippen LogP) is 7.15. The summed E-state index contributed by atoms with van der Waals surface area (Å²) in [4.78, 5) is 0. The van der Waals surface area contributed by atoms with Crippen molar-refractivity contribution in [3.8, 4) is 23.7 Å². The van der Waals surface area contributed by atoms with E-state index in [4.69, 9.17) is 0 Å². The van der Waals surface area contributed by atoms with Crippen LogP contribution in [0.2, 0.25) is 0 Å². The zero-order valence-electron chi connectivity index (χ0n) is 17.8. The molecule has 0 aliphatic carbocycles. The average molecular weight is 442 g/mol. The van der Waals surface area contributed by atoms with Crippen molar-refractivity contribution in [3.63, 3.8) is 0 Å². The molecule has 4 heteroatoms. The van der Waals surface area contributed by atoms with Crippen molar-refractivity contribution in [2.24, 2.45) is 0 Å². The molecule has 0 N–H and O–H groups in total. The summed E-state index contributed by atoms with van der Waals surface area (Å²) in [5, 5.41) is 1.58. The minimum Gasteiger partial charge on any atom is -0.207 e. The normalized spacial score (nSPS) is 10.3. The van der Waals surface area contributed by atoms with Crippen LogP contribution < -0.4 is 0 Å². The number of benzene rings is 4. The molecule has 0 fully saturated rings. The first-order valence-electron chi connectivity index (χ1n) is 10.4. The van der Waals surface area contributed by atoms with Crippen LogP contribution >= 0.6 is 0 Å². The van der Waals surface area contributed by atoms with E-state index in [0.29, 0.717) is 17.5 Å². The first kappa shape index (κ1) is 22.2. The fraction of sp³-hybridized carbons (Fsp3) is 0.103. The van der Waals surface area contributed by atoms with E-state index in [1.165, 1.54) is 36.4 Å². The maximum absolute atomic E-state index is 14.5. The third kappa shape index (κ3) is 5.25. The van der Waals surface area contributed by atoms with E-state index in [-0.39, 0.29) is 22.5 Å². The van der Waals surface area contributed by atoms with Crippen LogP contribution in [0.3, 0.4) is 0 Å². The van der Waals surface area contributed by atoms with Gasteiger partial charge in [0, 0.05) is 11.1 Å². The third-order valence-electron chi connectivity index (χ3n) is 5.09. The number of hydrogen-bond acceptors (Lipinski definition) is 0. The molecule has 4 rings (SSSR count). The Balaban J connectivity index is 1.57. The molecule has 0 bridgehead atoms.